The number of halogens is 2. The van der Waals surface area contributed by atoms with Gasteiger partial charge in [-0.05, 0) is 6.07 Å². The third-order valence-electron chi connectivity index (χ3n) is 1.92. The van der Waals surface area contributed by atoms with E-state index in [1.165, 1.54) is 12.3 Å². The zero-order chi connectivity index (χ0) is 14.3. The van der Waals surface area contributed by atoms with Crippen molar-refractivity contribution in [2.75, 3.05) is 13.2 Å². The quantitative estimate of drug-likeness (QED) is 0.767. The SMILES string of the molecule is O=S(=O)(NCC(F)F)c1cncc(C#CCCO)c1. The molecule has 1 rings (SSSR count). The fourth-order valence-corrected chi connectivity index (χ4v) is 2.10. The molecule has 0 fully saturated rings. The van der Waals surface area contributed by atoms with Gasteiger partial charge in [0.05, 0.1) is 13.2 Å². The summed E-state index contributed by atoms with van der Waals surface area (Å²) >= 11 is 0. The fraction of sp³-hybridized carbons (Fsp3) is 0.364. The lowest BCUT2D eigenvalue weighted by atomic mass is 10.3. The molecule has 0 saturated heterocycles. The average molecular weight is 290 g/mol. The average Bonchev–Trinajstić information content (AvgIpc) is 2.37. The van der Waals surface area contributed by atoms with Crippen LogP contribution in [-0.2, 0) is 10.0 Å². The summed E-state index contributed by atoms with van der Waals surface area (Å²) in [7, 11) is -4.02. The molecule has 8 heteroatoms. The van der Waals surface area contributed by atoms with Crippen LogP contribution >= 0.6 is 0 Å². The zero-order valence-corrected chi connectivity index (χ0v) is 10.6. The predicted molar refractivity (Wildman–Crippen MR) is 64.0 cm³/mol. The van der Waals surface area contributed by atoms with Crippen LogP contribution in [0.2, 0.25) is 0 Å². The summed E-state index contributed by atoms with van der Waals surface area (Å²) in [6.45, 7) is -1.06. The predicted octanol–water partition coefficient (Wildman–Crippen LogP) is 0.359. The third-order valence-corrected chi connectivity index (χ3v) is 3.31. The lowest BCUT2D eigenvalue weighted by molar-refractivity contribution is 0.153. The molecule has 2 N–H and O–H groups in total. The molecule has 0 bridgehead atoms. The van der Waals surface area contributed by atoms with E-state index in [1.807, 2.05) is 0 Å². The number of pyridine rings is 1. The highest BCUT2D eigenvalue weighted by molar-refractivity contribution is 7.89. The van der Waals surface area contributed by atoms with Crippen LogP contribution in [0.4, 0.5) is 8.78 Å². The maximum Gasteiger partial charge on any atom is 0.251 e. The Morgan fingerprint density at radius 2 is 2.16 bits per heavy atom. The summed E-state index contributed by atoms with van der Waals surface area (Å²) in [4.78, 5) is 3.45. The van der Waals surface area contributed by atoms with Gasteiger partial charge in [0, 0.05) is 24.4 Å². The molecular weight excluding hydrogens is 278 g/mol. The topological polar surface area (TPSA) is 79.3 Å². The highest BCUT2D eigenvalue weighted by Gasteiger charge is 2.16. The molecule has 0 amide bonds. The second-order valence-electron chi connectivity index (χ2n) is 3.43. The molecule has 1 heterocycles. The van der Waals surface area contributed by atoms with Crippen molar-refractivity contribution in [3.8, 4) is 11.8 Å². The van der Waals surface area contributed by atoms with Crippen LogP contribution in [0.1, 0.15) is 12.0 Å². The van der Waals surface area contributed by atoms with Gasteiger partial charge in [-0.15, -0.1) is 0 Å². The molecule has 19 heavy (non-hydrogen) atoms. The van der Waals surface area contributed by atoms with Crippen LogP contribution in [0.5, 0.6) is 0 Å². The molecule has 1 aromatic rings. The highest BCUT2D eigenvalue weighted by atomic mass is 32.2. The Balaban J connectivity index is 2.90. The van der Waals surface area contributed by atoms with E-state index in [-0.39, 0.29) is 17.9 Å². The number of aliphatic hydroxyl groups excluding tert-OH is 1. The van der Waals surface area contributed by atoms with Crippen LogP contribution in [-0.4, -0.2) is 38.1 Å². The Hall–Kier alpha value is -1.56. The number of aliphatic hydroxyl groups is 1. The molecular formula is C11H12F2N2O3S. The van der Waals surface area contributed by atoms with E-state index in [0.717, 1.165) is 6.20 Å². The van der Waals surface area contributed by atoms with Gasteiger partial charge >= 0.3 is 0 Å². The van der Waals surface area contributed by atoms with Gasteiger partial charge < -0.3 is 5.11 Å². The molecule has 0 spiro atoms. The van der Waals surface area contributed by atoms with Gasteiger partial charge in [0.25, 0.3) is 6.43 Å². The third kappa shape index (κ3) is 5.30. The smallest absolute Gasteiger partial charge is 0.251 e. The van der Waals surface area contributed by atoms with Crippen molar-refractivity contribution >= 4 is 10.0 Å². The Morgan fingerprint density at radius 3 is 2.79 bits per heavy atom. The molecule has 0 aliphatic rings. The monoisotopic (exact) mass is 290 g/mol. The lowest BCUT2D eigenvalue weighted by Crippen LogP contribution is -2.28. The maximum absolute atomic E-state index is 12.0. The minimum absolute atomic E-state index is 0.103. The van der Waals surface area contributed by atoms with Crippen molar-refractivity contribution in [1.29, 1.82) is 0 Å². The summed E-state index contributed by atoms with van der Waals surface area (Å²) in [6.07, 6.45) is -0.127. The molecule has 0 aliphatic heterocycles. The van der Waals surface area contributed by atoms with E-state index in [0.29, 0.717) is 5.56 Å². The van der Waals surface area contributed by atoms with Crippen LogP contribution in [0, 0.1) is 11.8 Å². The van der Waals surface area contributed by atoms with Crippen molar-refractivity contribution in [3.05, 3.63) is 24.0 Å². The van der Waals surface area contributed by atoms with E-state index in [1.54, 1.807) is 4.72 Å². The first kappa shape index (κ1) is 15.5. The molecule has 5 nitrogen and oxygen atoms in total. The molecule has 0 unspecified atom stereocenters. The summed E-state index contributed by atoms with van der Waals surface area (Å²) in [5.41, 5.74) is 0.327. The van der Waals surface area contributed by atoms with Crippen LogP contribution in [0.3, 0.4) is 0 Å². The van der Waals surface area contributed by atoms with Crippen LogP contribution < -0.4 is 4.72 Å². The van der Waals surface area contributed by atoms with Crippen molar-refractivity contribution < 1.29 is 22.3 Å². The van der Waals surface area contributed by atoms with E-state index >= 15 is 0 Å². The number of hydrogen-bond donors (Lipinski definition) is 2. The Kier molecular flexibility index (Phi) is 5.82. The molecule has 0 radical (unpaired) electrons. The molecule has 0 aromatic carbocycles. The Morgan fingerprint density at radius 1 is 1.42 bits per heavy atom. The van der Waals surface area contributed by atoms with Crippen molar-refractivity contribution in [3.63, 3.8) is 0 Å². The number of hydrogen-bond acceptors (Lipinski definition) is 4. The Bertz CT molecular complexity index is 579. The molecule has 104 valence electrons. The van der Waals surface area contributed by atoms with Gasteiger partial charge in [0.15, 0.2) is 0 Å². The lowest BCUT2D eigenvalue weighted by Gasteiger charge is -2.05. The maximum atomic E-state index is 12.0. The number of aromatic nitrogens is 1. The van der Waals surface area contributed by atoms with Gasteiger partial charge in [-0.3, -0.25) is 4.98 Å². The molecule has 0 saturated carbocycles. The largest absolute Gasteiger partial charge is 0.395 e. The zero-order valence-electron chi connectivity index (χ0n) is 9.81. The number of nitrogens with one attached hydrogen (secondary N) is 1. The fourth-order valence-electron chi connectivity index (χ4n) is 1.11. The first-order chi connectivity index (χ1) is 8.95. The van der Waals surface area contributed by atoms with Crippen molar-refractivity contribution in [1.82, 2.24) is 9.71 Å². The molecule has 0 atom stereocenters. The summed E-state index contributed by atoms with van der Waals surface area (Å²) in [5.74, 6) is 5.22. The van der Waals surface area contributed by atoms with Crippen LogP contribution in [0.15, 0.2) is 23.4 Å². The van der Waals surface area contributed by atoms with Gasteiger partial charge in [-0.25, -0.2) is 21.9 Å². The van der Waals surface area contributed by atoms with Gasteiger partial charge in [-0.2, -0.15) is 0 Å². The van der Waals surface area contributed by atoms with Crippen LogP contribution in [0.25, 0.3) is 0 Å². The second-order valence-corrected chi connectivity index (χ2v) is 5.19. The number of nitrogens with zero attached hydrogens (tertiary/aromatic N) is 1. The van der Waals surface area contributed by atoms with E-state index in [4.69, 9.17) is 5.11 Å². The summed E-state index contributed by atoms with van der Waals surface area (Å²) in [5, 5.41) is 8.56. The van der Waals surface area contributed by atoms with Gasteiger partial charge in [0.1, 0.15) is 4.90 Å². The van der Waals surface area contributed by atoms with E-state index in [9.17, 15) is 17.2 Å². The van der Waals surface area contributed by atoms with Gasteiger partial charge in [0.2, 0.25) is 10.0 Å². The minimum Gasteiger partial charge on any atom is -0.395 e. The summed E-state index contributed by atoms with van der Waals surface area (Å²) < 4.78 is 49.0. The standard InChI is InChI=1S/C11H12F2N2O3S/c12-11(13)8-15-19(17,18)10-5-9(6-14-7-10)3-1-2-4-16/h5-7,11,15-16H,2,4,8H2. The van der Waals surface area contributed by atoms with Crippen molar-refractivity contribution in [2.24, 2.45) is 0 Å². The minimum atomic E-state index is -4.02. The first-order valence-corrected chi connectivity index (χ1v) is 6.76. The van der Waals surface area contributed by atoms with E-state index in [2.05, 4.69) is 16.8 Å². The highest BCUT2D eigenvalue weighted by Crippen LogP contribution is 2.09. The second kappa shape index (κ2) is 7.13. The molecule has 1 aromatic heterocycles. The van der Waals surface area contributed by atoms with E-state index < -0.39 is 23.0 Å². The number of alkyl halides is 2. The van der Waals surface area contributed by atoms with Gasteiger partial charge in [-0.1, -0.05) is 11.8 Å². The normalized spacial score (nSPS) is 11.2. The first-order valence-electron chi connectivity index (χ1n) is 5.28. The number of rotatable bonds is 5. The Labute approximate surface area is 109 Å². The number of sulfonamides is 1. The molecule has 0 aliphatic carbocycles. The van der Waals surface area contributed by atoms with Crippen molar-refractivity contribution in [2.45, 2.75) is 17.7 Å². The summed E-state index contributed by atoms with van der Waals surface area (Å²) in [6, 6.07) is 1.23.